The van der Waals surface area contributed by atoms with Crippen molar-refractivity contribution >= 4 is 10.8 Å². The molecule has 3 rings (SSSR count). The lowest BCUT2D eigenvalue weighted by molar-refractivity contribution is 0.517. The second-order valence-electron chi connectivity index (χ2n) is 4.28. The quantitative estimate of drug-likeness (QED) is 0.581. The Hall–Kier alpha value is -2.29. The van der Waals surface area contributed by atoms with Crippen LogP contribution >= 0.6 is 0 Å². The number of benzene rings is 3. The van der Waals surface area contributed by atoms with Crippen LogP contribution in [0.4, 0.5) is 13.2 Å². The van der Waals surface area contributed by atoms with Gasteiger partial charge in [-0.2, -0.15) is 0 Å². The molecule has 0 amide bonds. The Morgan fingerprint density at radius 2 is 1.47 bits per heavy atom. The van der Waals surface area contributed by atoms with Gasteiger partial charge >= 0.3 is 0 Å². The van der Waals surface area contributed by atoms with Crippen molar-refractivity contribution in [3.05, 3.63) is 72.0 Å². The molecule has 0 N–H and O–H groups in total. The van der Waals surface area contributed by atoms with E-state index in [0.717, 1.165) is 6.07 Å². The van der Waals surface area contributed by atoms with Gasteiger partial charge < -0.3 is 0 Å². The number of hydrogen-bond donors (Lipinski definition) is 0. The Morgan fingerprint density at radius 3 is 2.26 bits per heavy atom. The first-order valence-electron chi connectivity index (χ1n) is 5.79. The summed E-state index contributed by atoms with van der Waals surface area (Å²) in [5.41, 5.74) is 1.07. The van der Waals surface area contributed by atoms with Crippen LogP contribution in [0, 0.1) is 17.5 Å². The maximum atomic E-state index is 13.7. The largest absolute Gasteiger partial charge is 0.206 e. The molecule has 0 aliphatic carbocycles. The fourth-order valence-electron chi connectivity index (χ4n) is 2.13. The van der Waals surface area contributed by atoms with Crippen molar-refractivity contribution < 1.29 is 13.2 Å². The summed E-state index contributed by atoms with van der Waals surface area (Å²) in [5.74, 6) is -2.10. The van der Waals surface area contributed by atoms with Gasteiger partial charge in [0.1, 0.15) is 5.82 Å². The zero-order valence-electron chi connectivity index (χ0n) is 9.83. The summed E-state index contributed by atoms with van der Waals surface area (Å²) in [4.78, 5) is 0. The van der Waals surface area contributed by atoms with Crippen molar-refractivity contribution in [2.45, 2.75) is 0 Å². The second kappa shape index (κ2) is 4.43. The normalized spacial score (nSPS) is 10.9. The highest BCUT2D eigenvalue weighted by Crippen LogP contribution is 2.28. The number of fused-ring (bicyclic) bond motifs is 1. The highest BCUT2D eigenvalue weighted by Gasteiger charge is 2.09. The molecule has 94 valence electrons. The maximum absolute atomic E-state index is 13.7. The lowest BCUT2D eigenvalue weighted by Crippen LogP contribution is -1.88. The van der Waals surface area contributed by atoms with Crippen molar-refractivity contribution in [2.24, 2.45) is 0 Å². The fraction of sp³-hybridized carbons (Fsp3) is 0. The lowest BCUT2D eigenvalue weighted by Gasteiger charge is -2.06. The van der Waals surface area contributed by atoms with Crippen molar-refractivity contribution in [1.29, 1.82) is 0 Å². The molecule has 0 nitrogen and oxygen atoms in total. The third-order valence-electron chi connectivity index (χ3n) is 3.09. The van der Waals surface area contributed by atoms with E-state index in [-0.39, 0.29) is 11.2 Å². The molecule has 0 aromatic heterocycles. The summed E-state index contributed by atoms with van der Waals surface area (Å²) in [6.07, 6.45) is 0. The van der Waals surface area contributed by atoms with E-state index in [4.69, 9.17) is 0 Å². The average Bonchev–Trinajstić information content (AvgIpc) is 2.43. The Kier molecular flexibility index (Phi) is 2.75. The molecule has 3 aromatic rings. The van der Waals surface area contributed by atoms with E-state index in [1.807, 2.05) is 0 Å². The van der Waals surface area contributed by atoms with Crippen molar-refractivity contribution in [1.82, 2.24) is 0 Å². The first-order valence-corrected chi connectivity index (χ1v) is 5.79. The molecule has 0 unspecified atom stereocenters. The van der Waals surface area contributed by atoms with Gasteiger partial charge in [-0.25, -0.2) is 13.2 Å². The van der Waals surface area contributed by atoms with Gasteiger partial charge in [-0.1, -0.05) is 36.4 Å². The topological polar surface area (TPSA) is 0 Å². The van der Waals surface area contributed by atoms with Crippen LogP contribution < -0.4 is 0 Å². The van der Waals surface area contributed by atoms with Crippen LogP contribution in [0.15, 0.2) is 54.6 Å². The van der Waals surface area contributed by atoms with Gasteiger partial charge in [0.2, 0.25) is 0 Å². The van der Waals surface area contributed by atoms with E-state index in [1.54, 1.807) is 30.3 Å². The maximum Gasteiger partial charge on any atom is 0.166 e. The molecular weight excluding hydrogens is 249 g/mol. The minimum Gasteiger partial charge on any atom is -0.206 e. The first-order chi connectivity index (χ1) is 9.16. The Morgan fingerprint density at radius 1 is 0.684 bits per heavy atom. The Labute approximate surface area is 108 Å². The van der Waals surface area contributed by atoms with E-state index in [9.17, 15) is 13.2 Å². The van der Waals surface area contributed by atoms with E-state index >= 15 is 0 Å². The van der Waals surface area contributed by atoms with Crippen LogP contribution in [0.3, 0.4) is 0 Å². The van der Waals surface area contributed by atoms with E-state index in [2.05, 4.69) is 0 Å². The van der Waals surface area contributed by atoms with Gasteiger partial charge in [-0.15, -0.1) is 0 Å². The van der Waals surface area contributed by atoms with E-state index < -0.39 is 11.6 Å². The van der Waals surface area contributed by atoms with Crippen molar-refractivity contribution in [2.75, 3.05) is 0 Å². The van der Waals surface area contributed by atoms with Gasteiger partial charge in [0.05, 0.1) is 0 Å². The molecule has 0 spiro atoms. The molecule has 0 fully saturated rings. The molecule has 19 heavy (non-hydrogen) atoms. The summed E-state index contributed by atoms with van der Waals surface area (Å²) < 4.78 is 40.3. The Balaban J connectivity index is 2.23. The van der Waals surface area contributed by atoms with Crippen LogP contribution in [0.2, 0.25) is 0 Å². The number of hydrogen-bond acceptors (Lipinski definition) is 0. The van der Waals surface area contributed by atoms with Gasteiger partial charge in [0.25, 0.3) is 0 Å². The molecular formula is C16H9F3. The smallest absolute Gasteiger partial charge is 0.166 e. The van der Waals surface area contributed by atoms with E-state index in [0.29, 0.717) is 16.5 Å². The van der Waals surface area contributed by atoms with Gasteiger partial charge in [0.15, 0.2) is 11.6 Å². The molecule has 0 radical (unpaired) electrons. The summed E-state index contributed by atoms with van der Waals surface area (Å²) in [6, 6.07) is 13.6. The fourth-order valence-corrected chi connectivity index (χ4v) is 2.13. The van der Waals surface area contributed by atoms with Gasteiger partial charge in [-0.3, -0.25) is 0 Å². The number of halogens is 3. The zero-order valence-corrected chi connectivity index (χ0v) is 9.83. The van der Waals surface area contributed by atoms with Crippen LogP contribution in [-0.2, 0) is 0 Å². The highest BCUT2D eigenvalue weighted by atomic mass is 19.2. The number of rotatable bonds is 1. The minimum atomic E-state index is -0.883. The third-order valence-corrected chi connectivity index (χ3v) is 3.09. The predicted molar refractivity (Wildman–Crippen MR) is 69.3 cm³/mol. The van der Waals surface area contributed by atoms with Crippen molar-refractivity contribution in [3.63, 3.8) is 0 Å². The molecule has 0 atom stereocenters. The summed E-state index contributed by atoms with van der Waals surface area (Å²) in [5, 5.41) is 0.736. The third kappa shape index (κ3) is 1.97. The standard InChI is InChI=1S/C16H9F3/c17-14-4-2-1-3-12(14)10-5-7-13-11(9-10)6-8-15(18)16(13)19/h1-9H. The molecule has 0 bridgehead atoms. The summed E-state index contributed by atoms with van der Waals surface area (Å²) in [7, 11) is 0. The predicted octanol–water partition coefficient (Wildman–Crippen LogP) is 4.92. The van der Waals surface area contributed by atoms with Gasteiger partial charge in [0, 0.05) is 10.9 Å². The minimum absolute atomic E-state index is 0.195. The van der Waals surface area contributed by atoms with Crippen LogP contribution in [-0.4, -0.2) is 0 Å². The van der Waals surface area contributed by atoms with Crippen LogP contribution in [0.25, 0.3) is 21.9 Å². The molecule has 0 saturated heterocycles. The van der Waals surface area contributed by atoms with E-state index in [1.165, 1.54) is 18.2 Å². The van der Waals surface area contributed by atoms with Crippen LogP contribution in [0.1, 0.15) is 0 Å². The molecule has 0 saturated carbocycles. The SMILES string of the molecule is Fc1ccccc1-c1ccc2c(F)c(F)ccc2c1. The first kappa shape index (κ1) is 11.8. The molecule has 3 aromatic carbocycles. The Bertz CT molecular complexity index is 763. The summed E-state index contributed by atoms with van der Waals surface area (Å²) >= 11 is 0. The highest BCUT2D eigenvalue weighted by molar-refractivity contribution is 5.88. The second-order valence-corrected chi connectivity index (χ2v) is 4.28. The summed E-state index contributed by atoms with van der Waals surface area (Å²) in [6.45, 7) is 0. The van der Waals surface area contributed by atoms with Gasteiger partial charge in [-0.05, 0) is 29.1 Å². The lowest BCUT2D eigenvalue weighted by atomic mass is 10.0. The monoisotopic (exact) mass is 258 g/mol. The van der Waals surface area contributed by atoms with Crippen molar-refractivity contribution in [3.8, 4) is 11.1 Å². The zero-order chi connectivity index (χ0) is 13.4. The molecule has 0 aliphatic rings. The van der Waals surface area contributed by atoms with Crippen LogP contribution in [0.5, 0.6) is 0 Å². The molecule has 0 heterocycles. The molecule has 0 aliphatic heterocycles. The molecule has 3 heteroatoms. The average molecular weight is 258 g/mol.